The maximum absolute atomic E-state index is 13.6. The minimum atomic E-state index is -4.77. The number of hydrogen-bond acceptors (Lipinski definition) is 4. The van der Waals surface area contributed by atoms with Gasteiger partial charge in [0, 0.05) is 13.1 Å². The highest BCUT2D eigenvalue weighted by Crippen LogP contribution is 2.37. The number of rotatable bonds is 6. The highest BCUT2D eigenvalue weighted by molar-refractivity contribution is 7.93. The normalized spacial score (nSPS) is 14.8. The molecule has 0 aliphatic carbocycles. The summed E-state index contributed by atoms with van der Waals surface area (Å²) in [5, 5.41) is -0.386. The number of anilines is 1. The van der Waals surface area contributed by atoms with Gasteiger partial charge in [0.25, 0.3) is 10.0 Å². The van der Waals surface area contributed by atoms with Crippen LogP contribution < -0.4 is 9.04 Å². The molecule has 0 N–H and O–H groups in total. The predicted octanol–water partition coefficient (Wildman–Crippen LogP) is 4.58. The maximum Gasteiger partial charge on any atom is 0.416 e. The fourth-order valence-corrected chi connectivity index (χ4v) is 5.43. The third kappa shape index (κ3) is 5.12. The first-order chi connectivity index (χ1) is 15.1. The van der Waals surface area contributed by atoms with Crippen LogP contribution in [0.2, 0.25) is 5.02 Å². The van der Waals surface area contributed by atoms with E-state index in [1.165, 1.54) is 19.2 Å². The zero-order valence-corrected chi connectivity index (χ0v) is 18.8. The zero-order valence-electron chi connectivity index (χ0n) is 17.2. The molecule has 1 heterocycles. The van der Waals surface area contributed by atoms with E-state index >= 15 is 0 Å². The van der Waals surface area contributed by atoms with Gasteiger partial charge in [-0.2, -0.15) is 13.2 Å². The highest BCUT2D eigenvalue weighted by Gasteiger charge is 2.36. The van der Waals surface area contributed by atoms with Gasteiger partial charge >= 0.3 is 6.18 Å². The van der Waals surface area contributed by atoms with Crippen LogP contribution >= 0.6 is 11.6 Å². The molecule has 0 radical (unpaired) electrons. The van der Waals surface area contributed by atoms with Crippen molar-refractivity contribution in [3.05, 3.63) is 53.1 Å². The number of ether oxygens (including phenoxy) is 1. The lowest BCUT2D eigenvalue weighted by Gasteiger charge is -2.31. The van der Waals surface area contributed by atoms with E-state index < -0.39 is 39.1 Å². The van der Waals surface area contributed by atoms with Crippen molar-refractivity contribution in [1.82, 2.24) is 4.90 Å². The molecule has 2 aromatic carbocycles. The number of amides is 1. The third-order valence-corrected chi connectivity index (χ3v) is 7.41. The molecule has 6 nitrogen and oxygen atoms in total. The van der Waals surface area contributed by atoms with Crippen LogP contribution in [0.25, 0.3) is 0 Å². The van der Waals surface area contributed by atoms with Gasteiger partial charge in [0.1, 0.15) is 17.2 Å². The number of hydrogen-bond donors (Lipinski definition) is 0. The molecule has 0 unspecified atom stereocenters. The Morgan fingerprint density at radius 2 is 1.78 bits per heavy atom. The van der Waals surface area contributed by atoms with Crippen molar-refractivity contribution in [2.45, 2.75) is 30.3 Å². The van der Waals surface area contributed by atoms with Crippen LogP contribution in [0.3, 0.4) is 0 Å². The van der Waals surface area contributed by atoms with E-state index in [1.54, 1.807) is 17.0 Å². The lowest BCUT2D eigenvalue weighted by Crippen LogP contribution is -2.45. The summed E-state index contributed by atoms with van der Waals surface area (Å²) in [7, 11) is -3.33. The number of para-hydroxylation sites is 2. The SMILES string of the molecule is COc1ccccc1N(CC(=O)N1CCCCC1)S(=O)(=O)c1cc(C(F)(F)F)ccc1Cl. The molecule has 2 aromatic rings. The van der Waals surface area contributed by atoms with Crippen LogP contribution in [-0.4, -0.2) is 46.0 Å². The van der Waals surface area contributed by atoms with Crippen molar-refractivity contribution < 1.29 is 31.1 Å². The summed E-state index contributed by atoms with van der Waals surface area (Å²) >= 11 is 6.02. The molecule has 1 amide bonds. The average Bonchev–Trinajstić information content (AvgIpc) is 2.77. The van der Waals surface area contributed by atoms with Crippen molar-refractivity contribution in [2.24, 2.45) is 0 Å². The van der Waals surface area contributed by atoms with Gasteiger partial charge in [-0.1, -0.05) is 23.7 Å². The number of piperidine rings is 1. The molecule has 174 valence electrons. The van der Waals surface area contributed by atoms with Crippen molar-refractivity contribution in [2.75, 3.05) is 31.0 Å². The Kier molecular flexibility index (Phi) is 7.24. The first kappa shape index (κ1) is 24.2. The molecular weight excluding hydrogens is 469 g/mol. The summed E-state index contributed by atoms with van der Waals surface area (Å²) in [5.41, 5.74) is -1.14. The Labute approximate surface area is 189 Å². The number of sulfonamides is 1. The first-order valence-corrected chi connectivity index (χ1v) is 11.7. The Balaban J connectivity index is 2.11. The molecule has 0 atom stereocenters. The summed E-state index contributed by atoms with van der Waals surface area (Å²) in [5.74, 6) is -0.312. The summed E-state index contributed by atoms with van der Waals surface area (Å²) in [6.45, 7) is 0.376. The van der Waals surface area contributed by atoms with Gasteiger partial charge in [-0.3, -0.25) is 9.10 Å². The largest absolute Gasteiger partial charge is 0.495 e. The van der Waals surface area contributed by atoms with Gasteiger partial charge in [0.05, 0.1) is 23.4 Å². The Morgan fingerprint density at radius 1 is 1.12 bits per heavy atom. The Hall–Kier alpha value is -2.46. The van der Waals surface area contributed by atoms with Crippen molar-refractivity contribution >= 4 is 33.2 Å². The first-order valence-electron chi connectivity index (χ1n) is 9.86. The van der Waals surface area contributed by atoms with E-state index in [4.69, 9.17) is 16.3 Å². The average molecular weight is 491 g/mol. The number of benzene rings is 2. The molecule has 1 aliphatic heterocycles. The Bertz CT molecular complexity index is 1090. The van der Waals surface area contributed by atoms with Gasteiger partial charge in [-0.05, 0) is 49.6 Å². The van der Waals surface area contributed by atoms with Gasteiger partial charge in [-0.25, -0.2) is 8.42 Å². The van der Waals surface area contributed by atoms with E-state index in [1.807, 2.05) is 0 Å². The van der Waals surface area contributed by atoms with Crippen molar-refractivity contribution in [3.8, 4) is 5.75 Å². The lowest BCUT2D eigenvalue weighted by atomic mass is 10.1. The number of likely N-dealkylation sites (tertiary alicyclic amines) is 1. The van der Waals surface area contributed by atoms with E-state index in [0.717, 1.165) is 29.6 Å². The van der Waals surface area contributed by atoms with Crippen LogP contribution in [0.5, 0.6) is 5.75 Å². The minimum Gasteiger partial charge on any atom is -0.495 e. The van der Waals surface area contributed by atoms with Crippen LogP contribution in [0.4, 0.5) is 18.9 Å². The smallest absolute Gasteiger partial charge is 0.416 e. The molecule has 0 spiro atoms. The molecule has 32 heavy (non-hydrogen) atoms. The number of nitrogens with zero attached hydrogens (tertiary/aromatic N) is 2. The summed E-state index contributed by atoms with van der Waals surface area (Å²) < 4.78 is 72.9. The molecule has 1 aliphatic rings. The molecule has 0 aromatic heterocycles. The van der Waals surface area contributed by atoms with Crippen LogP contribution in [-0.2, 0) is 21.0 Å². The second-order valence-electron chi connectivity index (χ2n) is 7.27. The number of methoxy groups -OCH3 is 1. The number of carbonyl (C=O) groups excluding carboxylic acids is 1. The van der Waals surface area contributed by atoms with Crippen LogP contribution in [0, 0.1) is 0 Å². The van der Waals surface area contributed by atoms with Gasteiger partial charge in [0.2, 0.25) is 5.91 Å². The quantitative estimate of drug-likeness (QED) is 0.594. The second-order valence-corrected chi connectivity index (χ2v) is 9.51. The van der Waals surface area contributed by atoms with Crippen molar-refractivity contribution in [1.29, 1.82) is 0 Å². The van der Waals surface area contributed by atoms with E-state index in [-0.39, 0.29) is 16.5 Å². The molecule has 11 heteroatoms. The summed E-state index contributed by atoms with van der Waals surface area (Å²) in [4.78, 5) is 13.7. The maximum atomic E-state index is 13.6. The second kappa shape index (κ2) is 9.58. The molecule has 1 fully saturated rings. The van der Waals surface area contributed by atoms with E-state index in [2.05, 4.69) is 0 Å². The third-order valence-electron chi connectivity index (χ3n) is 5.17. The van der Waals surface area contributed by atoms with Gasteiger partial charge < -0.3 is 9.64 Å². The molecule has 0 saturated carbocycles. The summed E-state index contributed by atoms with van der Waals surface area (Å²) in [6.07, 6.45) is -2.20. The van der Waals surface area contributed by atoms with E-state index in [9.17, 15) is 26.4 Å². The topological polar surface area (TPSA) is 66.9 Å². The number of halogens is 4. The summed E-state index contributed by atoms with van der Waals surface area (Å²) in [6, 6.07) is 8.12. The number of alkyl halides is 3. The fraction of sp³-hybridized carbons (Fsp3) is 0.381. The Morgan fingerprint density at radius 3 is 2.41 bits per heavy atom. The van der Waals surface area contributed by atoms with Crippen LogP contribution in [0.1, 0.15) is 24.8 Å². The minimum absolute atomic E-state index is 0.0221. The number of carbonyl (C=O) groups is 1. The van der Waals surface area contributed by atoms with Crippen molar-refractivity contribution in [3.63, 3.8) is 0 Å². The highest BCUT2D eigenvalue weighted by atomic mass is 35.5. The lowest BCUT2D eigenvalue weighted by molar-refractivity contribution is -0.137. The van der Waals surface area contributed by atoms with E-state index in [0.29, 0.717) is 25.2 Å². The van der Waals surface area contributed by atoms with Crippen LogP contribution in [0.15, 0.2) is 47.4 Å². The van der Waals surface area contributed by atoms with Gasteiger partial charge in [-0.15, -0.1) is 0 Å². The molecule has 0 bridgehead atoms. The molecule has 1 saturated heterocycles. The van der Waals surface area contributed by atoms with Gasteiger partial charge in [0.15, 0.2) is 0 Å². The standard InChI is InChI=1S/C21H22ClF3N2O4S/c1-31-18-8-4-3-7-17(18)27(14-20(28)26-11-5-2-6-12-26)32(29,30)19-13-15(21(23,24)25)9-10-16(19)22/h3-4,7-10,13H,2,5-6,11-12,14H2,1H3. The molecule has 3 rings (SSSR count). The monoisotopic (exact) mass is 490 g/mol. The molecular formula is C21H22ClF3N2O4S. The zero-order chi connectivity index (χ0) is 23.5. The predicted molar refractivity (Wildman–Crippen MR) is 114 cm³/mol. The fourth-order valence-electron chi connectivity index (χ4n) is 3.50.